The number of unbranched alkanes of at least 4 members (excludes halogenated alkanes) is 1. The van der Waals surface area contributed by atoms with Crippen molar-refractivity contribution in [3.05, 3.63) is 22.1 Å². The van der Waals surface area contributed by atoms with Crippen molar-refractivity contribution in [1.29, 1.82) is 0 Å². The Balaban J connectivity index is 2.66. The van der Waals surface area contributed by atoms with E-state index in [9.17, 15) is 4.79 Å². The van der Waals surface area contributed by atoms with Crippen LogP contribution in [0.4, 0.5) is 0 Å². The van der Waals surface area contributed by atoms with Crippen LogP contribution in [0.1, 0.15) is 25.5 Å². The third-order valence-electron chi connectivity index (χ3n) is 1.88. The summed E-state index contributed by atoms with van der Waals surface area (Å²) in [5.41, 5.74) is 0.865. The maximum Gasteiger partial charge on any atom is 0.266 e. The van der Waals surface area contributed by atoms with E-state index in [4.69, 9.17) is 4.74 Å². The van der Waals surface area contributed by atoms with Crippen LogP contribution in [0.2, 0.25) is 0 Å². The van der Waals surface area contributed by atoms with Crippen LogP contribution in [-0.4, -0.2) is 16.9 Å². The fourth-order valence-corrected chi connectivity index (χ4v) is 1.20. The monoisotopic (exact) mass is 184 g/mol. The molecule has 0 fully saturated rings. The lowest BCUT2D eigenvalue weighted by atomic mass is 10.3. The van der Waals surface area contributed by atoms with Crippen molar-refractivity contribution in [1.82, 2.24) is 9.78 Å². The molecule has 0 saturated heterocycles. The molecule has 0 amide bonds. The summed E-state index contributed by atoms with van der Waals surface area (Å²) >= 11 is 0. The molecule has 1 rings (SSSR count). The fourth-order valence-electron chi connectivity index (χ4n) is 1.20. The van der Waals surface area contributed by atoms with E-state index in [1.54, 1.807) is 17.9 Å². The van der Waals surface area contributed by atoms with Gasteiger partial charge in [0.05, 0.1) is 12.3 Å². The molecular formula is C9H16N2O2. The third kappa shape index (κ3) is 2.73. The van der Waals surface area contributed by atoms with Gasteiger partial charge in [-0.05, 0) is 6.42 Å². The predicted octanol–water partition coefficient (Wildman–Crippen LogP) is 1.12. The summed E-state index contributed by atoms with van der Waals surface area (Å²) in [5, 5.41) is 3.00. The van der Waals surface area contributed by atoms with E-state index in [-0.39, 0.29) is 5.56 Å². The topological polar surface area (TPSA) is 47.0 Å². The van der Waals surface area contributed by atoms with Gasteiger partial charge in [0.25, 0.3) is 5.56 Å². The Hall–Kier alpha value is -1.03. The first-order chi connectivity index (χ1) is 6.27. The summed E-state index contributed by atoms with van der Waals surface area (Å²) in [4.78, 5) is 11.3. The lowest BCUT2D eigenvalue weighted by molar-refractivity contribution is 0.180. The zero-order chi connectivity index (χ0) is 9.68. The maximum atomic E-state index is 11.3. The summed E-state index contributed by atoms with van der Waals surface area (Å²) in [6.07, 6.45) is 2.11. The Morgan fingerprint density at radius 1 is 1.62 bits per heavy atom. The van der Waals surface area contributed by atoms with Gasteiger partial charge in [0, 0.05) is 19.7 Å². The average molecular weight is 184 g/mol. The smallest absolute Gasteiger partial charge is 0.266 e. The molecule has 0 spiro atoms. The lowest BCUT2D eigenvalue weighted by Gasteiger charge is -1.99. The van der Waals surface area contributed by atoms with Gasteiger partial charge in [-0.25, -0.2) is 0 Å². The summed E-state index contributed by atoms with van der Waals surface area (Å²) in [6, 6.07) is 1.58. The summed E-state index contributed by atoms with van der Waals surface area (Å²) in [5.74, 6) is 0. The van der Waals surface area contributed by atoms with E-state index in [1.807, 2.05) is 0 Å². The standard InChI is InChI=1S/C9H16N2O2/c1-3-4-5-11-9(12)6-8(10-11)7-13-2/h6,10H,3-5,7H2,1-2H3. The summed E-state index contributed by atoms with van der Waals surface area (Å²) < 4.78 is 6.54. The molecule has 13 heavy (non-hydrogen) atoms. The van der Waals surface area contributed by atoms with E-state index in [2.05, 4.69) is 12.0 Å². The van der Waals surface area contributed by atoms with Crippen molar-refractivity contribution >= 4 is 0 Å². The number of ether oxygens (including phenoxy) is 1. The molecule has 0 aliphatic heterocycles. The molecule has 1 N–H and O–H groups in total. The van der Waals surface area contributed by atoms with E-state index < -0.39 is 0 Å². The van der Waals surface area contributed by atoms with Gasteiger partial charge in [-0.2, -0.15) is 0 Å². The zero-order valence-electron chi connectivity index (χ0n) is 8.17. The number of hydrogen-bond acceptors (Lipinski definition) is 2. The van der Waals surface area contributed by atoms with Crippen molar-refractivity contribution in [3.63, 3.8) is 0 Å². The van der Waals surface area contributed by atoms with Crippen LogP contribution >= 0.6 is 0 Å². The molecule has 0 aliphatic carbocycles. The number of nitrogens with one attached hydrogen (secondary N) is 1. The number of aromatic nitrogens is 2. The van der Waals surface area contributed by atoms with Crippen LogP contribution in [0.3, 0.4) is 0 Å². The minimum Gasteiger partial charge on any atom is -0.378 e. The molecule has 0 saturated carbocycles. The number of rotatable bonds is 5. The number of aryl methyl sites for hydroxylation is 1. The fraction of sp³-hybridized carbons (Fsp3) is 0.667. The first kappa shape index (κ1) is 10.1. The van der Waals surface area contributed by atoms with E-state index >= 15 is 0 Å². The van der Waals surface area contributed by atoms with Gasteiger partial charge in [0.2, 0.25) is 0 Å². The predicted molar refractivity (Wildman–Crippen MR) is 50.7 cm³/mol. The van der Waals surface area contributed by atoms with Crippen molar-refractivity contribution in [2.24, 2.45) is 0 Å². The van der Waals surface area contributed by atoms with Gasteiger partial charge >= 0.3 is 0 Å². The summed E-state index contributed by atoms with van der Waals surface area (Å²) in [6.45, 7) is 3.33. The highest BCUT2D eigenvalue weighted by molar-refractivity contribution is 4.97. The molecule has 4 nitrogen and oxygen atoms in total. The molecule has 1 heterocycles. The van der Waals surface area contributed by atoms with Crippen molar-refractivity contribution in [3.8, 4) is 0 Å². The molecule has 0 aromatic carbocycles. The first-order valence-electron chi connectivity index (χ1n) is 4.55. The van der Waals surface area contributed by atoms with Crippen LogP contribution in [0, 0.1) is 0 Å². The molecule has 0 bridgehead atoms. The Kier molecular flexibility index (Phi) is 3.76. The van der Waals surface area contributed by atoms with Crippen molar-refractivity contribution < 1.29 is 4.74 Å². The molecule has 4 heteroatoms. The first-order valence-corrected chi connectivity index (χ1v) is 4.55. The second kappa shape index (κ2) is 4.87. The highest BCUT2D eigenvalue weighted by Gasteiger charge is 2.00. The highest BCUT2D eigenvalue weighted by Crippen LogP contribution is 1.94. The normalized spacial score (nSPS) is 10.6. The summed E-state index contributed by atoms with van der Waals surface area (Å²) in [7, 11) is 1.61. The number of H-pyrrole nitrogens is 1. The van der Waals surface area contributed by atoms with Gasteiger partial charge in [-0.3, -0.25) is 14.6 Å². The molecular weight excluding hydrogens is 168 g/mol. The van der Waals surface area contributed by atoms with E-state index in [0.29, 0.717) is 6.61 Å². The molecule has 0 aliphatic rings. The molecule has 1 aromatic rings. The average Bonchev–Trinajstić information content (AvgIpc) is 2.44. The minimum atomic E-state index is 0.0282. The van der Waals surface area contributed by atoms with Gasteiger partial charge in [-0.1, -0.05) is 13.3 Å². The molecule has 74 valence electrons. The lowest BCUT2D eigenvalue weighted by Crippen LogP contribution is -2.15. The largest absolute Gasteiger partial charge is 0.378 e. The van der Waals surface area contributed by atoms with Gasteiger partial charge < -0.3 is 4.74 Å². The van der Waals surface area contributed by atoms with Crippen LogP contribution in [0.5, 0.6) is 0 Å². The van der Waals surface area contributed by atoms with Gasteiger partial charge in [0.1, 0.15) is 0 Å². The maximum absolute atomic E-state index is 11.3. The Morgan fingerprint density at radius 3 is 3.00 bits per heavy atom. The Labute approximate surface area is 77.5 Å². The second-order valence-corrected chi connectivity index (χ2v) is 3.06. The number of aromatic amines is 1. The molecule has 0 atom stereocenters. The van der Waals surface area contributed by atoms with Gasteiger partial charge in [-0.15, -0.1) is 0 Å². The molecule has 0 radical (unpaired) electrons. The number of nitrogens with zero attached hydrogens (tertiary/aromatic N) is 1. The molecule has 0 unspecified atom stereocenters. The zero-order valence-corrected chi connectivity index (χ0v) is 8.17. The molecule has 1 aromatic heterocycles. The van der Waals surface area contributed by atoms with Crippen molar-refractivity contribution in [2.45, 2.75) is 32.9 Å². The van der Waals surface area contributed by atoms with Crippen molar-refractivity contribution in [2.75, 3.05) is 7.11 Å². The quantitative estimate of drug-likeness (QED) is 0.745. The Bertz CT molecular complexity index is 301. The van der Waals surface area contributed by atoms with Crippen LogP contribution in [0.25, 0.3) is 0 Å². The number of methoxy groups -OCH3 is 1. The van der Waals surface area contributed by atoms with Crippen LogP contribution in [0.15, 0.2) is 10.9 Å². The third-order valence-corrected chi connectivity index (χ3v) is 1.88. The minimum absolute atomic E-state index is 0.0282. The number of hydrogen-bond donors (Lipinski definition) is 1. The second-order valence-electron chi connectivity index (χ2n) is 3.06. The van der Waals surface area contributed by atoms with E-state index in [1.165, 1.54) is 0 Å². The Morgan fingerprint density at radius 2 is 2.38 bits per heavy atom. The van der Waals surface area contributed by atoms with Crippen LogP contribution in [-0.2, 0) is 17.9 Å². The van der Waals surface area contributed by atoms with Crippen LogP contribution < -0.4 is 5.56 Å². The van der Waals surface area contributed by atoms with Gasteiger partial charge in [0.15, 0.2) is 0 Å². The SMILES string of the molecule is CCCCn1[nH]c(COC)cc1=O. The highest BCUT2D eigenvalue weighted by atomic mass is 16.5. The van der Waals surface area contributed by atoms with E-state index in [0.717, 1.165) is 25.1 Å².